The van der Waals surface area contributed by atoms with Crippen molar-refractivity contribution in [1.82, 2.24) is 9.97 Å². The fourth-order valence-corrected chi connectivity index (χ4v) is 1.25. The Balaban J connectivity index is 2.69. The van der Waals surface area contributed by atoms with Crippen molar-refractivity contribution in [2.24, 2.45) is 0 Å². The number of nitrogens with zero attached hydrogens (tertiary/aromatic N) is 2. The summed E-state index contributed by atoms with van der Waals surface area (Å²) in [6, 6.07) is 6.07. The molecular formula is C11H10N2. The van der Waals surface area contributed by atoms with Crippen molar-refractivity contribution in [2.45, 2.75) is 6.92 Å². The van der Waals surface area contributed by atoms with Gasteiger partial charge >= 0.3 is 0 Å². The van der Waals surface area contributed by atoms with Gasteiger partial charge in [-0.05, 0) is 24.6 Å². The van der Waals surface area contributed by atoms with Crippen LogP contribution < -0.4 is 0 Å². The minimum atomic E-state index is 0.972. The highest BCUT2D eigenvalue weighted by Gasteiger charge is 1.96. The first kappa shape index (κ1) is 7.92. The maximum absolute atomic E-state index is 4.14. The van der Waals surface area contributed by atoms with Crippen molar-refractivity contribution in [3.8, 4) is 0 Å². The molecule has 0 spiro atoms. The molecule has 0 N–H and O–H groups in total. The van der Waals surface area contributed by atoms with Crippen molar-refractivity contribution in [2.75, 3.05) is 0 Å². The Labute approximate surface area is 77.0 Å². The first-order valence-corrected chi connectivity index (χ1v) is 4.13. The third-order valence-electron chi connectivity index (χ3n) is 2.00. The number of allylic oxidation sites excluding steroid dienone is 1. The van der Waals surface area contributed by atoms with Crippen LogP contribution in [0.4, 0.5) is 0 Å². The molecule has 1 heterocycles. The highest BCUT2D eigenvalue weighted by molar-refractivity contribution is 5.81. The summed E-state index contributed by atoms with van der Waals surface area (Å²) in [5.41, 5.74) is 3.17. The van der Waals surface area contributed by atoms with Crippen LogP contribution in [-0.2, 0) is 0 Å². The van der Waals surface area contributed by atoms with E-state index < -0.39 is 0 Å². The zero-order chi connectivity index (χ0) is 9.26. The van der Waals surface area contributed by atoms with E-state index in [1.165, 1.54) is 0 Å². The van der Waals surface area contributed by atoms with Crippen LogP contribution in [0.2, 0.25) is 0 Å². The third kappa shape index (κ3) is 1.43. The zero-order valence-corrected chi connectivity index (χ0v) is 7.49. The fraction of sp³-hybridized carbons (Fsp3) is 0.0909. The molecule has 0 aliphatic heterocycles. The van der Waals surface area contributed by atoms with Crippen molar-refractivity contribution in [3.05, 3.63) is 42.9 Å². The lowest BCUT2D eigenvalue weighted by Gasteiger charge is -2.00. The summed E-state index contributed by atoms with van der Waals surface area (Å²) in [5, 5.41) is 1.06. The van der Waals surface area contributed by atoms with E-state index in [0.717, 1.165) is 22.0 Å². The van der Waals surface area contributed by atoms with Gasteiger partial charge in [0.25, 0.3) is 0 Å². The van der Waals surface area contributed by atoms with Gasteiger partial charge in [-0.3, -0.25) is 0 Å². The molecule has 0 unspecified atom stereocenters. The van der Waals surface area contributed by atoms with E-state index in [1.807, 2.05) is 25.3 Å². The van der Waals surface area contributed by atoms with Crippen LogP contribution >= 0.6 is 0 Å². The summed E-state index contributed by atoms with van der Waals surface area (Å²) in [5.74, 6) is 0. The standard InChI is InChI=1S/C11H10N2/c1-8(2)9-3-4-11-10(5-9)6-12-7-13-11/h3-7H,1H2,2H3. The Kier molecular flexibility index (Phi) is 1.81. The minimum absolute atomic E-state index is 0.972. The summed E-state index contributed by atoms with van der Waals surface area (Å²) in [6.07, 6.45) is 3.37. The van der Waals surface area contributed by atoms with Gasteiger partial charge in [0.2, 0.25) is 0 Å². The smallest absolute Gasteiger partial charge is 0.116 e. The maximum atomic E-state index is 4.14. The third-order valence-corrected chi connectivity index (χ3v) is 2.00. The van der Waals surface area contributed by atoms with Crippen LogP contribution in [-0.4, -0.2) is 9.97 Å². The molecule has 13 heavy (non-hydrogen) atoms. The van der Waals surface area contributed by atoms with Gasteiger partial charge in [-0.2, -0.15) is 0 Å². The highest BCUT2D eigenvalue weighted by atomic mass is 14.8. The van der Waals surface area contributed by atoms with Crippen molar-refractivity contribution in [3.63, 3.8) is 0 Å². The minimum Gasteiger partial charge on any atom is -0.244 e. The van der Waals surface area contributed by atoms with E-state index in [-0.39, 0.29) is 0 Å². The molecule has 2 nitrogen and oxygen atoms in total. The number of hydrogen-bond donors (Lipinski definition) is 0. The molecule has 0 aliphatic carbocycles. The molecule has 0 aliphatic rings. The van der Waals surface area contributed by atoms with Gasteiger partial charge < -0.3 is 0 Å². The zero-order valence-electron chi connectivity index (χ0n) is 7.49. The van der Waals surface area contributed by atoms with Gasteiger partial charge in [0.15, 0.2) is 0 Å². The van der Waals surface area contributed by atoms with Crippen LogP contribution in [0.15, 0.2) is 37.3 Å². The number of aromatic nitrogens is 2. The topological polar surface area (TPSA) is 25.8 Å². The molecular weight excluding hydrogens is 160 g/mol. The molecule has 2 heteroatoms. The van der Waals surface area contributed by atoms with Crippen LogP contribution in [0.25, 0.3) is 16.5 Å². The van der Waals surface area contributed by atoms with E-state index >= 15 is 0 Å². The lowest BCUT2D eigenvalue weighted by atomic mass is 10.1. The van der Waals surface area contributed by atoms with E-state index in [1.54, 1.807) is 6.33 Å². The summed E-state index contributed by atoms with van der Waals surface area (Å²) in [4.78, 5) is 8.11. The van der Waals surface area contributed by atoms with Gasteiger partial charge in [-0.15, -0.1) is 0 Å². The van der Waals surface area contributed by atoms with Gasteiger partial charge in [-0.25, -0.2) is 9.97 Å². The Hall–Kier alpha value is -1.70. The molecule has 1 aromatic heterocycles. The van der Waals surface area contributed by atoms with Crippen LogP contribution in [0.3, 0.4) is 0 Å². The SMILES string of the molecule is C=C(C)c1ccc2ncncc2c1. The summed E-state index contributed by atoms with van der Waals surface area (Å²) in [6.45, 7) is 5.88. The summed E-state index contributed by atoms with van der Waals surface area (Å²) < 4.78 is 0. The average molecular weight is 170 g/mol. The second-order valence-corrected chi connectivity index (χ2v) is 3.08. The average Bonchev–Trinajstić information content (AvgIpc) is 2.17. The van der Waals surface area contributed by atoms with E-state index in [0.29, 0.717) is 0 Å². The first-order valence-electron chi connectivity index (χ1n) is 4.13. The molecule has 2 aromatic rings. The van der Waals surface area contributed by atoms with Crippen LogP contribution in [0.1, 0.15) is 12.5 Å². The number of benzene rings is 1. The number of fused-ring (bicyclic) bond motifs is 1. The van der Waals surface area contributed by atoms with Crippen molar-refractivity contribution < 1.29 is 0 Å². The molecule has 0 amide bonds. The van der Waals surface area contributed by atoms with Crippen LogP contribution in [0.5, 0.6) is 0 Å². The van der Waals surface area contributed by atoms with Crippen molar-refractivity contribution in [1.29, 1.82) is 0 Å². The van der Waals surface area contributed by atoms with Crippen molar-refractivity contribution >= 4 is 16.5 Å². The number of hydrogen-bond acceptors (Lipinski definition) is 2. The Bertz CT molecular complexity index is 460. The monoisotopic (exact) mass is 170 g/mol. The normalized spacial score (nSPS) is 10.2. The molecule has 0 saturated carbocycles. The Morgan fingerprint density at radius 2 is 2.23 bits per heavy atom. The number of rotatable bonds is 1. The molecule has 0 fully saturated rings. The summed E-state index contributed by atoms with van der Waals surface area (Å²) in [7, 11) is 0. The molecule has 0 atom stereocenters. The van der Waals surface area contributed by atoms with E-state index in [9.17, 15) is 0 Å². The predicted octanol–water partition coefficient (Wildman–Crippen LogP) is 2.66. The second kappa shape index (κ2) is 2.98. The molecule has 0 saturated heterocycles. The molecule has 1 aromatic carbocycles. The lowest BCUT2D eigenvalue weighted by Crippen LogP contribution is -1.83. The fourth-order valence-electron chi connectivity index (χ4n) is 1.25. The quantitative estimate of drug-likeness (QED) is 0.657. The van der Waals surface area contributed by atoms with Crippen LogP contribution in [0, 0.1) is 0 Å². The van der Waals surface area contributed by atoms with Gasteiger partial charge in [0.1, 0.15) is 6.33 Å². The predicted molar refractivity (Wildman–Crippen MR) is 54.2 cm³/mol. The summed E-state index contributed by atoms with van der Waals surface area (Å²) >= 11 is 0. The lowest BCUT2D eigenvalue weighted by molar-refractivity contribution is 1.22. The second-order valence-electron chi connectivity index (χ2n) is 3.08. The van der Waals surface area contributed by atoms with E-state index in [2.05, 4.69) is 22.6 Å². The molecule has 0 radical (unpaired) electrons. The highest BCUT2D eigenvalue weighted by Crippen LogP contribution is 2.17. The van der Waals surface area contributed by atoms with Gasteiger partial charge in [-0.1, -0.05) is 18.2 Å². The molecule has 2 rings (SSSR count). The largest absolute Gasteiger partial charge is 0.244 e. The van der Waals surface area contributed by atoms with Gasteiger partial charge in [0.05, 0.1) is 5.52 Å². The molecule has 0 bridgehead atoms. The Morgan fingerprint density at radius 3 is 3.00 bits per heavy atom. The molecule has 64 valence electrons. The first-order chi connectivity index (χ1) is 6.27. The maximum Gasteiger partial charge on any atom is 0.116 e. The Morgan fingerprint density at radius 1 is 1.38 bits per heavy atom. The van der Waals surface area contributed by atoms with Gasteiger partial charge in [0, 0.05) is 11.6 Å². The van der Waals surface area contributed by atoms with E-state index in [4.69, 9.17) is 0 Å².